The van der Waals surface area contributed by atoms with Crippen molar-refractivity contribution in [3.63, 3.8) is 0 Å². The Labute approximate surface area is 162 Å². The molecular weight excluding hydrogens is 362 g/mol. The Morgan fingerprint density at radius 3 is 2.64 bits per heavy atom. The van der Waals surface area contributed by atoms with E-state index in [1.54, 1.807) is 24.0 Å². The van der Waals surface area contributed by atoms with Crippen molar-refractivity contribution in [1.82, 2.24) is 4.90 Å². The number of nitrogens with one attached hydrogen (secondary N) is 1. The molecule has 0 aliphatic carbocycles. The highest BCUT2D eigenvalue weighted by molar-refractivity contribution is 5.95. The summed E-state index contributed by atoms with van der Waals surface area (Å²) in [6.45, 7) is 5.70. The highest BCUT2D eigenvalue weighted by Gasteiger charge is 2.26. The first kappa shape index (κ1) is 18.2. The van der Waals surface area contributed by atoms with Crippen LogP contribution in [0.5, 0.6) is 11.5 Å². The molecule has 4 rings (SSSR count). The van der Waals surface area contributed by atoms with Crippen LogP contribution in [0.25, 0.3) is 0 Å². The topological polar surface area (TPSA) is 86.4 Å². The minimum Gasteiger partial charge on any atom is -0.454 e. The molecule has 0 unspecified atom stereocenters. The number of nitro benzene ring substituents is 1. The molecule has 2 heterocycles. The van der Waals surface area contributed by atoms with Crippen LogP contribution in [0, 0.1) is 17.0 Å². The second kappa shape index (κ2) is 7.47. The molecule has 8 heteroatoms. The number of amides is 1. The quantitative estimate of drug-likeness (QED) is 0.632. The number of aryl methyl sites for hydroxylation is 1. The lowest BCUT2D eigenvalue weighted by Crippen LogP contribution is -3.13. The van der Waals surface area contributed by atoms with E-state index in [2.05, 4.69) is 0 Å². The third-order valence-electron chi connectivity index (χ3n) is 5.30. The number of nitrogens with zero attached hydrogens (tertiary/aromatic N) is 2. The molecule has 0 aromatic heterocycles. The van der Waals surface area contributed by atoms with Crippen LogP contribution in [-0.2, 0) is 6.54 Å². The number of rotatable bonds is 4. The second-order valence-corrected chi connectivity index (χ2v) is 7.16. The fourth-order valence-corrected chi connectivity index (χ4v) is 3.66. The summed E-state index contributed by atoms with van der Waals surface area (Å²) < 4.78 is 10.8. The van der Waals surface area contributed by atoms with Crippen molar-refractivity contribution in [2.75, 3.05) is 33.0 Å². The Morgan fingerprint density at radius 2 is 1.89 bits per heavy atom. The lowest BCUT2D eigenvalue weighted by atomic mass is 10.1. The second-order valence-electron chi connectivity index (χ2n) is 7.16. The van der Waals surface area contributed by atoms with Crippen molar-refractivity contribution in [3.8, 4) is 11.5 Å². The van der Waals surface area contributed by atoms with Crippen LogP contribution < -0.4 is 14.4 Å². The predicted octanol–water partition coefficient (Wildman–Crippen LogP) is 1.17. The number of hydrogen-bond acceptors (Lipinski definition) is 5. The van der Waals surface area contributed by atoms with Crippen LogP contribution in [0.15, 0.2) is 36.4 Å². The zero-order valence-corrected chi connectivity index (χ0v) is 15.6. The third-order valence-corrected chi connectivity index (χ3v) is 5.30. The molecule has 2 aromatic rings. The first-order chi connectivity index (χ1) is 13.5. The molecule has 2 aliphatic heterocycles. The number of carbonyl (C=O) groups is 1. The van der Waals surface area contributed by atoms with Crippen LogP contribution in [0.3, 0.4) is 0 Å². The maximum atomic E-state index is 12.7. The van der Waals surface area contributed by atoms with E-state index in [0.717, 1.165) is 31.1 Å². The summed E-state index contributed by atoms with van der Waals surface area (Å²) in [5, 5.41) is 11.1. The van der Waals surface area contributed by atoms with Gasteiger partial charge in [0.1, 0.15) is 6.54 Å². The molecule has 0 bridgehead atoms. The van der Waals surface area contributed by atoms with Gasteiger partial charge in [-0.3, -0.25) is 14.9 Å². The van der Waals surface area contributed by atoms with Crippen LogP contribution >= 0.6 is 0 Å². The highest BCUT2D eigenvalue weighted by atomic mass is 16.7. The number of ether oxygens (including phenoxy) is 2. The van der Waals surface area contributed by atoms with Crippen molar-refractivity contribution in [3.05, 3.63) is 63.2 Å². The monoisotopic (exact) mass is 384 g/mol. The van der Waals surface area contributed by atoms with E-state index in [1.807, 2.05) is 18.2 Å². The molecule has 0 atom stereocenters. The van der Waals surface area contributed by atoms with Gasteiger partial charge in [0.2, 0.25) is 6.79 Å². The molecule has 8 nitrogen and oxygen atoms in total. The number of quaternary nitrogens is 1. The summed E-state index contributed by atoms with van der Waals surface area (Å²) in [7, 11) is 0. The first-order valence-electron chi connectivity index (χ1n) is 9.27. The maximum Gasteiger partial charge on any atom is 0.273 e. The van der Waals surface area contributed by atoms with Gasteiger partial charge in [-0.1, -0.05) is 6.07 Å². The molecule has 2 aliphatic rings. The van der Waals surface area contributed by atoms with Gasteiger partial charge in [0.25, 0.3) is 11.6 Å². The molecule has 0 spiro atoms. The van der Waals surface area contributed by atoms with Gasteiger partial charge in [0, 0.05) is 22.8 Å². The van der Waals surface area contributed by atoms with Gasteiger partial charge in [-0.05, 0) is 31.2 Å². The zero-order chi connectivity index (χ0) is 19.7. The van der Waals surface area contributed by atoms with E-state index in [4.69, 9.17) is 9.47 Å². The van der Waals surface area contributed by atoms with Gasteiger partial charge < -0.3 is 19.3 Å². The summed E-state index contributed by atoms with van der Waals surface area (Å²) in [5.74, 6) is 1.42. The predicted molar refractivity (Wildman–Crippen MR) is 101 cm³/mol. The highest BCUT2D eigenvalue weighted by Crippen LogP contribution is 2.32. The molecule has 146 valence electrons. The minimum atomic E-state index is -0.445. The molecule has 0 saturated carbocycles. The van der Waals surface area contributed by atoms with Crippen LogP contribution in [-0.4, -0.2) is 48.7 Å². The summed E-state index contributed by atoms with van der Waals surface area (Å²) in [5.41, 5.74) is 2.09. The molecule has 1 fully saturated rings. The lowest BCUT2D eigenvalue weighted by Gasteiger charge is -2.32. The first-order valence-corrected chi connectivity index (χ1v) is 9.27. The van der Waals surface area contributed by atoms with E-state index >= 15 is 0 Å². The van der Waals surface area contributed by atoms with E-state index in [0.29, 0.717) is 24.2 Å². The van der Waals surface area contributed by atoms with Crippen molar-refractivity contribution in [1.29, 1.82) is 0 Å². The zero-order valence-electron chi connectivity index (χ0n) is 15.6. The van der Waals surface area contributed by atoms with Crippen LogP contribution in [0.2, 0.25) is 0 Å². The Hall–Kier alpha value is -3.13. The van der Waals surface area contributed by atoms with E-state index in [1.165, 1.54) is 16.5 Å². The molecule has 28 heavy (non-hydrogen) atoms. The van der Waals surface area contributed by atoms with E-state index in [-0.39, 0.29) is 18.4 Å². The van der Waals surface area contributed by atoms with Crippen LogP contribution in [0.1, 0.15) is 21.5 Å². The molecule has 2 aromatic carbocycles. The minimum absolute atomic E-state index is 0.0158. The van der Waals surface area contributed by atoms with E-state index < -0.39 is 4.92 Å². The molecule has 0 radical (unpaired) electrons. The number of nitro groups is 1. The SMILES string of the molecule is Cc1ccc(C(=O)N2CC[NH+](Cc3ccc4c(c3)OCO4)CC2)cc1[N+](=O)[O-]. The third kappa shape index (κ3) is 3.63. The number of fused-ring (bicyclic) bond motifs is 1. The van der Waals surface area contributed by atoms with E-state index in [9.17, 15) is 14.9 Å². The normalized spacial score (nSPS) is 16.2. The Bertz CT molecular complexity index is 922. The summed E-state index contributed by atoms with van der Waals surface area (Å²) in [6, 6.07) is 10.7. The molecular formula is C20H22N3O5+. The molecule has 1 saturated heterocycles. The Balaban J connectivity index is 1.37. The van der Waals surface area contributed by atoms with Crippen molar-refractivity contribution < 1.29 is 24.1 Å². The van der Waals surface area contributed by atoms with Crippen molar-refractivity contribution in [2.24, 2.45) is 0 Å². The van der Waals surface area contributed by atoms with Gasteiger partial charge >= 0.3 is 0 Å². The van der Waals surface area contributed by atoms with Crippen LogP contribution in [0.4, 0.5) is 5.69 Å². The molecule has 1 N–H and O–H groups in total. The Kier molecular flexibility index (Phi) is 4.87. The standard InChI is InChI=1S/C20H21N3O5/c1-14-2-4-16(11-17(14)23(25)26)20(24)22-8-6-21(7-9-22)12-15-3-5-18-19(10-15)28-13-27-18/h2-5,10-11H,6-9,12-13H2,1H3/p+1. The van der Waals surface area contributed by atoms with Gasteiger partial charge in [0.15, 0.2) is 11.5 Å². The van der Waals surface area contributed by atoms with Gasteiger partial charge in [0.05, 0.1) is 31.1 Å². The average Bonchev–Trinajstić information content (AvgIpc) is 3.16. The fourth-order valence-electron chi connectivity index (χ4n) is 3.66. The number of carbonyl (C=O) groups excluding carboxylic acids is 1. The summed E-state index contributed by atoms with van der Waals surface area (Å²) in [4.78, 5) is 26.6. The summed E-state index contributed by atoms with van der Waals surface area (Å²) in [6.07, 6.45) is 0. The van der Waals surface area contributed by atoms with Gasteiger partial charge in [-0.15, -0.1) is 0 Å². The fraction of sp³-hybridized carbons (Fsp3) is 0.350. The maximum absolute atomic E-state index is 12.7. The number of piperazine rings is 1. The average molecular weight is 384 g/mol. The smallest absolute Gasteiger partial charge is 0.273 e. The van der Waals surface area contributed by atoms with Gasteiger partial charge in [-0.25, -0.2) is 0 Å². The summed E-state index contributed by atoms with van der Waals surface area (Å²) >= 11 is 0. The van der Waals surface area contributed by atoms with Gasteiger partial charge in [-0.2, -0.15) is 0 Å². The number of hydrogen-bond donors (Lipinski definition) is 1. The van der Waals surface area contributed by atoms with Crippen molar-refractivity contribution >= 4 is 11.6 Å². The number of benzene rings is 2. The van der Waals surface area contributed by atoms with Crippen molar-refractivity contribution in [2.45, 2.75) is 13.5 Å². The Morgan fingerprint density at radius 1 is 1.14 bits per heavy atom. The lowest BCUT2D eigenvalue weighted by molar-refractivity contribution is -0.917. The largest absolute Gasteiger partial charge is 0.454 e. The molecule has 1 amide bonds.